The third-order valence-electron chi connectivity index (χ3n) is 4.47. The van der Waals surface area contributed by atoms with Gasteiger partial charge in [-0.15, -0.1) is 11.3 Å². The van der Waals surface area contributed by atoms with Crippen LogP contribution in [0.2, 0.25) is 5.02 Å². The summed E-state index contributed by atoms with van der Waals surface area (Å²) in [6.45, 7) is 0. The lowest BCUT2D eigenvalue weighted by Crippen LogP contribution is -2.20. The van der Waals surface area contributed by atoms with Gasteiger partial charge in [-0.25, -0.2) is 0 Å². The molecule has 0 saturated carbocycles. The summed E-state index contributed by atoms with van der Waals surface area (Å²) in [6, 6.07) is 17.5. The smallest absolute Gasteiger partial charge is 0.432 e. The Labute approximate surface area is 191 Å². The van der Waals surface area contributed by atoms with Gasteiger partial charge in [-0.3, -0.25) is 10.2 Å². The first-order chi connectivity index (χ1) is 15.1. The Kier molecular flexibility index (Phi) is 7.37. The number of nitrogens with one attached hydrogen (secondary N) is 2. The Bertz CT molecular complexity index is 1150. The lowest BCUT2D eigenvalue weighted by molar-refractivity contribution is -0.136. The van der Waals surface area contributed by atoms with Crippen LogP contribution in [0.15, 0.2) is 66.7 Å². The zero-order valence-corrected chi connectivity index (χ0v) is 18.1. The third kappa shape index (κ3) is 6.21. The summed E-state index contributed by atoms with van der Waals surface area (Å²) in [7, 11) is 0. The first kappa shape index (κ1) is 23.6. The van der Waals surface area contributed by atoms with Crippen LogP contribution in [0.3, 0.4) is 0 Å². The zero-order chi connectivity index (χ0) is 23.3. The van der Waals surface area contributed by atoms with Gasteiger partial charge in [-0.05, 0) is 47.9 Å². The molecule has 0 aliphatic carbocycles. The van der Waals surface area contributed by atoms with E-state index in [0.717, 1.165) is 22.1 Å². The highest BCUT2D eigenvalue weighted by Gasteiger charge is 2.33. The van der Waals surface area contributed by atoms with E-state index in [1.165, 1.54) is 11.3 Å². The number of rotatable bonds is 8. The normalized spacial score (nSPS) is 11.9. The van der Waals surface area contributed by atoms with Crippen LogP contribution in [0.5, 0.6) is 0 Å². The minimum absolute atomic E-state index is 0.0372. The molecule has 166 valence electrons. The van der Waals surface area contributed by atoms with Gasteiger partial charge in [0.05, 0.1) is 21.3 Å². The SMILES string of the molecule is N=C(/C=C(\Nc1ccccc1Cl)c1ccc(-c2ccc(CCC(=O)O)cc2)s1)C(F)(F)F. The molecule has 0 spiro atoms. The number of aryl methyl sites for hydroxylation is 1. The number of anilines is 1. The number of para-hydroxylation sites is 1. The maximum atomic E-state index is 13.0. The largest absolute Gasteiger partial charge is 0.481 e. The van der Waals surface area contributed by atoms with E-state index in [4.69, 9.17) is 22.1 Å². The second-order valence-electron chi connectivity index (χ2n) is 6.83. The average Bonchev–Trinajstić information content (AvgIpc) is 3.23. The van der Waals surface area contributed by atoms with E-state index in [-0.39, 0.29) is 12.1 Å². The van der Waals surface area contributed by atoms with E-state index >= 15 is 0 Å². The molecule has 3 N–H and O–H groups in total. The zero-order valence-electron chi connectivity index (χ0n) is 16.5. The maximum absolute atomic E-state index is 13.0. The molecule has 3 aromatic rings. The summed E-state index contributed by atoms with van der Waals surface area (Å²) in [6.07, 6.45) is -3.58. The number of halogens is 4. The van der Waals surface area contributed by atoms with E-state index in [2.05, 4.69) is 5.32 Å². The summed E-state index contributed by atoms with van der Waals surface area (Å²) < 4.78 is 39.0. The third-order valence-corrected chi connectivity index (χ3v) is 5.97. The molecule has 3 rings (SSSR count). The topological polar surface area (TPSA) is 73.2 Å². The van der Waals surface area contributed by atoms with Gasteiger partial charge in [0, 0.05) is 11.3 Å². The Morgan fingerprint density at radius 3 is 2.41 bits per heavy atom. The van der Waals surface area contributed by atoms with E-state index < -0.39 is 17.9 Å². The number of alkyl halides is 3. The summed E-state index contributed by atoms with van der Waals surface area (Å²) in [4.78, 5) is 12.0. The van der Waals surface area contributed by atoms with Crippen molar-refractivity contribution in [3.05, 3.63) is 82.2 Å². The Hall–Kier alpha value is -3.10. The van der Waals surface area contributed by atoms with Gasteiger partial charge in [-0.2, -0.15) is 13.2 Å². The van der Waals surface area contributed by atoms with E-state index in [9.17, 15) is 18.0 Å². The van der Waals surface area contributed by atoms with Crippen LogP contribution in [-0.2, 0) is 11.2 Å². The average molecular weight is 479 g/mol. The van der Waals surface area contributed by atoms with Gasteiger partial charge in [0.25, 0.3) is 0 Å². The standard InChI is InChI=1S/C23H18ClF3N2O2S/c24-16-3-1-2-4-17(16)29-18(13-21(28)23(25,26)27)20-11-10-19(32-20)15-8-5-14(6-9-15)7-12-22(30)31/h1-6,8-11,13,28-29H,7,12H2,(H,30,31)/b18-13-,28-21?. The van der Waals surface area contributed by atoms with Crippen molar-refractivity contribution in [2.75, 3.05) is 5.32 Å². The molecule has 0 atom stereocenters. The van der Waals surface area contributed by atoms with Crippen LogP contribution < -0.4 is 5.32 Å². The van der Waals surface area contributed by atoms with Crippen LogP contribution in [0.25, 0.3) is 16.1 Å². The monoisotopic (exact) mass is 478 g/mol. The fourth-order valence-corrected chi connectivity index (χ4v) is 3.99. The number of carbonyl (C=O) groups is 1. The molecule has 32 heavy (non-hydrogen) atoms. The molecule has 4 nitrogen and oxygen atoms in total. The molecule has 1 heterocycles. The summed E-state index contributed by atoms with van der Waals surface area (Å²) in [5, 5.41) is 19.4. The Balaban J connectivity index is 1.90. The molecule has 0 unspecified atom stereocenters. The van der Waals surface area contributed by atoms with Gasteiger partial charge in [0.15, 0.2) is 0 Å². The van der Waals surface area contributed by atoms with Gasteiger partial charge in [-0.1, -0.05) is 48.0 Å². The number of hydrogen-bond donors (Lipinski definition) is 3. The lowest BCUT2D eigenvalue weighted by atomic mass is 10.1. The first-order valence-electron chi connectivity index (χ1n) is 9.44. The number of hydrogen-bond acceptors (Lipinski definition) is 4. The number of carboxylic acids is 1. The molecule has 0 saturated heterocycles. The predicted molar refractivity (Wildman–Crippen MR) is 123 cm³/mol. The minimum atomic E-state index is -4.78. The van der Waals surface area contributed by atoms with Gasteiger partial charge in [0.1, 0.15) is 5.71 Å². The van der Waals surface area contributed by atoms with Crippen LogP contribution in [0.1, 0.15) is 16.9 Å². The van der Waals surface area contributed by atoms with Gasteiger partial charge < -0.3 is 10.4 Å². The molecule has 0 bridgehead atoms. The van der Waals surface area contributed by atoms with E-state index in [0.29, 0.717) is 22.0 Å². The number of allylic oxidation sites excluding steroid dienone is 1. The van der Waals surface area contributed by atoms with Crippen molar-refractivity contribution in [1.82, 2.24) is 0 Å². The molecule has 9 heteroatoms. The van der Waals surface area contributed by atoms with Crippen LogP contribution in [0.4, 0.5) is 18.9 Å². The van der Waals surface area contributed by atoms with E-state index in [1.807, 2.05) is 24.3 Å². The molecule has 0 radical (unpaired) electrons. The first-order valence-corrected chi connectivity index (χ1v) is 10.6. The van der Waals surface area contributed by atoms with Crippen LogP contribution in [-0.4, -0.2) is 23.0 Å². The highest BCUT2D eigenvalue weighted by atomic mass is 35.5. The Morgan fingerprint density at radius 2 is 1.78 bits per heavy atom. The highest BCUT2D eigenvalue weighted by molar-refractivity contribution is 7.16. The van der Waals surface area contributed by atoms with Gasteiger partial charge in [0.2, 0.25) is 0 Å². The van der Waals surface area contributed by atoms with Crippen LogP contribution >= 0.6 is 22.9 Å². The fourth-order valence-electron chi connectivity index (χ4n) is 2.83. The number of carboxylic acid groups (broad SMARTS) is 1. The minimum Gasteiger partial charge on any atom is -0.481 e. The second-order valence-corrected chi connectivity index (χ2v) is 8.32. The predicted octanol–water partition coefficient (Wildman–Crippen LogP) is 7.12. The van der Waals surface area contributed by atoms with Crippen molar-refractivity contribution in [3.63, 3.8) is 0 Å². The molecule has 2 aromatic carbocycles. The van der Waals surface area contributed by atoms with Crippen molar-refractivity contribution >= 4 is 46.0 Å². The summed E-state index contributed by atoms with van der Waals surface area (Å²) in [5.74, 6) is -0.869. The maximum Gasteiger partial charge on any atom is 0.432 e. The molecule has 0 amide bonds. The second kappa shape index (κ2) is 10.0. The molecule has 0 fully saturated rings. The fraction of sp³-hybridized carbons (Fsp3) is 0.130. The molecular weight excluding hydrogens is 461 g/mol. The quantitative estimate of drug-likeness (QED) is 0.302. The molecule has 0 aliphatic heterocycles. The molecule has 0 aliphatic rings. The number of thiophene rings is 1. The number of benzene rings is 2. The molecule has 1 aromatic heterocycles. The van der Waals surface area contributed by atoms with Crippen molar-refractivity contribution in [3.8, 4) is 10.4 Å². The lowest BCUT2D eigenvalue weighted by Gasteiger charge is -2.13. The van der Waals surface area contributed by atoms with Crippen molar-refractivity contribution in [2.45, 2.75) is 19.0 Å². The molecular formula is C23H18ClF3N2O2S. The van der Waals surface area contributed by atoms with Crippen molar-refractivity contribution in [1.29, 1.82) is 5.41 Å². The number of aliphatic carboxylic acids is 1. The van der Waals surface area contributed by atoms with Crippen molar-refractivity contribution < 1.29 is 23.1 Å². The van der Waals surface area contributed by atoms with E-state index in [1.54, 1.807) is 36.4 Å². The summed E-state index contributed by atoms with van der Waals surface area (Å²) >= 11 is 7.41. The van der Waals surface area contributed by atoms with Crippen molar-refractivity contribution in [2.24, 2.45) is 0 Å². The van der Waals surface area contributed by atoms with Crippen LogP contribution in [0, 0.1) is 5.41 Å². The summed E-state index contributed by atoms with van der Waals surface area (Å²) in [5.41, 5.74) is 0.781. The van der Waals surface area contributed by atoms with Gasteiger partial charge >= 0.3 is 12.1 Å². The highest BCUT2D eigenvalue weighted by Crippen LogP contribution is 2.34. The Morgan fingerprint density at radius 1 is 1.09 bits per heavy atom.